The minimum atomic E-state index is -0.642. The summed E-state index contributed by atoms with van der Waals surface area (Å²) >= 11 is 0. The van der Waals surface area contributed by atoms with Crippen LogP contribution in [-0.4, -0.2) is 41.1 Å². The molecule has 2 N–H and O–H groups in total. The van der Waals surface area contributed by atoms with Crippen molar-refractivity contribution in [2.45, 2.75) is 51.6 Å². The lowest BCUT2D eigenvalue weighted by Gasteiger charge is -2.29. The molecular formula is C21H25N7O4. The molecule has 0 atom stereocenters. The normalized spacial score (nSPS) is 18.5. The number of aromatic nitrogens is 6. The average Bonchev–Trinajstić information content (AvgIpc) is 3.11. The Bertz CT molecular complexity index is 1340. The molecule has 32 heavy (non-hydrogen) atoms. The van der Waals surface area contributed by atoms with Crippen LogP contribution in [0.2, 0.25) is 0 Å². The summed E-state index contributed by atoms with van der Waals surface area (Å²) in [6.07, 6.45) is 3.72. The number of carbonyl (C=O) groups is 1. The Morgan fingerprint density at radius 1 is 1.09 bits per heavy atom. The minimum Gasteiger partial charge on any atom is -0.349 e. The minimum absolute atomic E-state index is 0.0893. The molecule has 3 aromatic heterocycles. The quantitative estimate of drug-likeness (QED) is 0.602. The molecule has 3 aromatic rings. The fourth-order valence-corrected chi connectivity index (χ4v) is 4.11. The largest absolute Gasteiger partial charge is 0.349 e. The maximum Gasteiger partial charge on any atom is 0.328 e. The van der Waals surface area contributed by atoms with Crippen molar-refractivity contribution < 1.29 is 4.79 Å². The molecule has 1 amide bonds. The van der Waals surface area contributed by atoms with Gasteiger partial charge in [0.05, 0.1) is 11.7 Å². The molecule has 3 heterocycles. The highest BCUT2D eigenvalue weighted by Gasteiger charge is 2.26. The summed E-state index contributed by atoms with van der Waals surface area (Å²) in [5.41, 5.74) is 0.296. The van der Waals surface area contributed by atoms with E-state index in [1.165, 1.54) is 17.8 Å². The number of hydrogen-bond acceptors (Lipinski definition) is 6. The second kappa shape index (κ2) is 8.40. The highest BCUT2D eigenvalue weighted by atomic mass is 16.2. The molecule has 4 rings (SSSR count). The number of amides is 1. The first-order valence-corrected chi connectivity index (χ1v) is 10.5. The third-order valence-corrected chi connectivity index (χ3v) is 5.84. The van der Waals surface area contributed by atoms with Gasteiger partial charge in [-0.2, -0.15) is 5.10 Å². The lowest BCUT2D eigenvalue weighted by atomic mass is 9.91. The van der Waals surface area contributed by atoms with Crippen LogP contribution in [0.1, 0.15) is 53.5 Å². The Hall–Kier alpha value is -3.76. The summed E-state index contributed by atoms with van der Waals surface area (Å²) < 4.78 is 4.07. The van der Waals surface area contributed by atoms with Crippen LogP contribution in [-0.2, 0) is 7.05 Å². The van der Waals surface area contributed by atoms with E-state index in [0.29, 0.717) is 31.5 Å². The summed E-state index contributed by atoms with van der Waals surface area (Å²) in [4.78, 5) is 51.0. The number of carbonyl (C=O) groups excluding carboxylic acids is 1. The van der Waals surface area contributed by atoms with E-state index in [4.69, 9.17) is 0 Å². The van der Waals surface area contributed by atoms with Crippen LogP contribution >= 0.6 is 0 Å². The summed E-state index contributed by atoms with van der Waals surface area (Å²) in [7, 11) is 1.31. The molecule has 0 aromatic carbocycles. The zero-order chi connectivity index (χ0) is 23.0. The van der Waals surface area contributed by atoms with Gasteiger partial charge in [0, 0.05) is 31.0 Å². The van der Waals surface area contributed by atoms with Gasteiger partial charge >= 0.3 is 5.69 Å². The molecule has 1 aliphatic rings. The van der Waals surface area contributed by atoms with Gasteiger partial charge in [-0.3, -0.25) is 19.0 Å². The van der Waals surface area contributed by atoms with Gasteiger partial charge in [0.2, 0.25) is 0 Å². The van der Waals surface area contributed by atoms with Crippen LogP contribution in [0.3, 0.4) is 0 Å². The number of hydrogen-bond donors (Lipinski definition) is 2. The molecule has 1 fully saturated rings. The highest BCUT2D eigenvalue weighted by molar-refractivity contribution is 5.93. The van der Waals surface area contributed by atoms with E-state index in [2.05, 4.69) is 20.5 Å². The Morgan fingerprint density at radius 3 is 2.47 bits per heavy atom. The molecule has 0 radical (unpaired) electrons. The Balaban J connectivity index is 1.46. The van der Waals surface area contributed by atoms with E-state index in [9.17, 15) is 19.2 Å². The maximum absolute atomic E-state index is 12.5. The van der Waals surface area contributed by atoms with Crippen molar-refractivity contribution in [2.24, 2.45) is 7.05 Å². The summed E-state index contributed by atoms with van der Waals surface area (Å²) in [5, 5.41) is 11.8. The third-order valence-electron chi connectivity index (χ3n) is 5.84. The number of nitrogens with one attached hydrogen (secondary N) is 2. The number of aryl methyl sites for hydroxylation is 2. The standard InChI is InChI=1S/C21H25N7O4/c1-12-10-13(2)27(24-12)17-8-9-18(29)28(25-17)15-6-4-14(5-7-15)23-19(30)16-11-22-21(32)26(3)20(16)31/h8-11,14-15H,4-7H2,1-3H3,(H,22,32)(H,23,30). The smallest absolute Gasteiger partial charge is 0.328 e. The monoisotopic (exact) mass is 439 g/mol. The fourth-order valence-electron chi connectivity index (χ4n) is 4.11. The van der Waals surface area contributed by atoms with Gasteiger partial charge in [0.15, 0.2) is 5.82 Å². The Morgan fingerprint density at radius 2 is 1.81 bits per heavy atom. The Labute approximate surface area is 182 Å². The van der Waals surface area contributed by atoms with E-state index in [1.807, 2.05) is 19.9 Å². The average molecular weight is 439 g/mol. The molecule has 11 nitrogen and oxygen atoms in total. The van der Waals surface area contributed by atoms with Gasteiger partial charge in [-0.25, -0.2) is 14.2 Å². The molecule has 0 bridgehead atoms. The van der Waals surface area contributed by atoms with Crippen molar-refractivity contribution in [3.63, 3.8) is 0 Å². The predicted molar refractivity (Wildman–Crippen MR) is 116 cm³/mol. The summed E-state index contributed by atoms with van der Waals surface area (Å²) in [5.74, 6) is 0.0617. The van der Waals surface area contributed by atoms with Crippen LogP contribution in [0.25, 0.3) is 5.82 Å². The van der Waals surface area contributed by atoms with Crippen LogP contribution < -0.4 is 22.1 Å². The first-order chi connectivity index (χ1) is 15.2. The molecule has 11 heteroatoms. The van der Waals surface area contributed by atoms with Crippen molar-refractivity contribution in [1.29, 1.82) is 0 Å². The SMILES string of the molecule is Cc1cc(C)n(-c2ccc(=O)n(C3CCC(NC(=O)c4c[nH]c(=O)n(C)c4=O)CC3)n2)n1. The molecule has 0 unspecified atom stereocenters. The molecule has 1 aliphatic carbocycles. The molecule has 0 saturated heterocycles. The van der Waals surface area contributed by atoms with E-state index in [0.717, 1.165) is 22.2 Å². The molecule has 1 saturated carbocycles. The third kappa shape index (κ3) is 4.05. The van der Waals surface area contributed by atoms with Crippen molar-refractivity contribution in [1.82, 2.24) is 34.4 Å². The van der Waals surface area contributed by atoms with Crippen molar-refractivity contribution in [3.05, 3.63) is 72.5 Å². The first-order valence-electron chi connectivity index (χ1n) is 10.5. The van der Waals surface area contributed by atoms with Gasteiger partial charge in [-0.05, 0) is 51.7 Å². The highest BCUT2D eigenvalue weighted by Crippen LogP contribution is 2.27. The maximum atomic E-state index is 12.5. The molecule has 168 valence electrons. The molecular weight excluding hydrogens is 414 g/mol. The van der Waals surface area contributed by atoms with E-state index < -0.39 is 17.2 Å². The second-order valence-corrected chi connectivity index (χ2v) is 8.16. The van der Waals surface area contributed by atoms with Crippen molar-refractivity contribution >= 4 is 5.91 Å². The van der Waals surface area contributed by atoms with Crippen LogP contribution in [0.5, 0.6) is 0 Å². The first kappa shape index (κ1) is 21.5. The van der Waals surface area contributed by atoms with Gasteiger partial charge < -0.3 is 10.3 Å². The van der Waals surface area contributed by atoms with Gasteiger partial charge in [-0.1, -0.05) is 0 Å². The zero-order valence-corrected chi connectivity index (χ0v) is 18.2. The zero-order valence-electron chi connectivity index (χ0n) is 18.2. The molecule has 0 spiro atoms. The van der Waals surface area contributed by atoms with Crippen molar-refractivity contribution in [2.75, 3.05) is 0 Å². The molecule has 0 aliphatic heterocycles. The lowest BCUT2D eigenvalue weighted by Crippen LogP contribution is -2.43. The van der Waals surface area contributed by atoms with Crippen LogP contribution in [0, 0.1) is 13.8 Å². The van der Waals surface area contributed by atoms with Crippen LogP contribution in [0.15, 0.2) is 38.8 Å². The van der Waals surface area contributed by atoms with E-state index >= 15 is 0 Å². The number of nitrogens with zero attached hydrogens (tertiary/aromatic N) is 5. The van der Waals surface area contributed by atoms with Gasteiger partial charge in [0.1, 0.15) is 5.56 Å². The summed E-state index contributed by atoms with van der Waals surface area (Å²) in [6, 6.07) is 4.88. The Kier molecular flexibility index (Phi) is 5.64. The van der Waals surface area contributed by atoms with E-state index in [-0.39, 0.29) is 23.2 Å². The fraction of sp³-hybridized carbons (Fsp3) is 0.429. The number of rotatable bonds is 4. The number of H-pyrrole nitrogens is 1. The summed E-state index contributed by atoms with van der Waals surface area (Å²) in [6.45, 7) is 3.83. The second-order valence-electron chi connectivity index (χ2n) is 8.16. The topological polar surface area (TPSA) is 137 Å². The van der Waals surface area contributed by atoms with Crippen LogP contribution in [0.4, 0.5) is 0 Å². The van der Waals surface area contributed by atoms with Gasteiger partial charge in [0.25, 0.3) is 17.0 Å². The van der Waals surface area contributed by atoms with Gasteiger partial charge in [-0.15, -0.1) is 5.10 Å². The van der Waals surface area contributed by atoms with Crippen molar-refractivity contribution in [3.8, 4) is 5.82 Å². The predicted octanol–water partition coefficient (Wildman–Crippen LogP) is 0.347. The van der Waals surface area contributed by atoms with E-state index in [1.54, 1.807) is 10.7 Å². The number of aromatic amines is 1. The lowest BCUT2D eigenvalue weighted by molar-refractivity contribution is 0.0918.